The van der Waals surface area contributed by atoms with Crippen LogP contribution in [0.1, 0.15) is 36.2 Å². The van der Waals surface area contributed by atoms with Gasteiger partial charge in [-0.25, -0.2) is 0 Å². The van der Waals surface area contributed by atoms with Crippen molar-refractivity contribution in [1.82, 2.24) is 15.1 Å². The maximum Gasteiger partial charge on any atom is 0.271 e. The molecule has 1 N–H and O–H groups in total. The summed E-state index contributed by atoms with van der Waals surface area (Å²) < 4.78 is 1.65. The van der Waals surface area contributed by atoms with Gasteiger partial charge >= 0.3 is 0 Å². The van der Waals surface area contributed by atoms with Gasteiger partial charge in [0.05, 0.1) is 0 Å². The molecule has 18 heavy (non-hydrogen) atoms. The second kappa shape index (κ2) is 6.36. The first kappa shape index (κ1) is 13.6. The lowest BCUT2D eigenvalue weighted by atomic mass is 9.80. The molecule has 0 aromatic carbocycles. The Labute approximate surface area is 116 Å². The summed E-state index contributed by atoms with van der Waals surface area (Å²) in [5.41, 5.74) is 0.503. The van der Waals surface area contributed by atoms with Crippen LogP contribution in [0, 0.1) is 11.8 Å². The number of alkyl halides is 1. The van der Waals surface area contributed by atoms with Crippen LogP contribution in [-0.4, -0.2) is 27.6 Å². The highest BCUT2D eigenvalue weighted by Crippen LogP contribution is 2.30. The van der Waals surface area contributed by atoms with Crippen molar-refractivity contribution in [3.8, 4) is 0 Å². The molecular formula is C13H20BrN3O. The van der Waals surface area contributed by atoms with Crippen LogP contribution in [0.2, 0.25) is 0 Å². The lowest BCUT2D eigenvalue weighted by molar-refractivity contribution is 0.0931. The Kier molecular flexibility index (Phi) is 4.80. The number of amides is 1. The third-order valence-electron chi connectivity index (χ3n) is 3.74. The van der Waals surface area contributed by atoms with Crippen LogP contribution < -0.4 is 5.32 Å². The van der Waals surface area contributed by atoms with Crippen LogP contribution in [-0.2, 0) is 7.05 Å². The van der Waals surface area contributed by atoms with Gasteiger partial charge in [-0.05, 0) is 30.7 Å². The zero-order valence-electron chi connectivity index (χ0n) is 10.7. The third-order valence-corrected chi connectivity index (χ3v) is 4.57. The zero-order chi connectivity index (χ0) is 13.0. The monoisotopic (exact) mass is 313 g/mol. The van der Waals surface area contributed by atoms with Crippen molar-refractivity contribution in [2.24, 2.45) is 18.9 Å². The fraction of sp³-hybridized carbons (Fsp3) is 0.692. The molecule has 0 spiro atoms. The number of carbonyl (C=O) groups is 1. The SMILES string of the molecule is Cn1ccc(C(=O)NCC2CCCCC2CBr)n1. The molecule has 2 unspecified atom stereocenters. The molecule has 0 radical (unpaired) electrons. The molecule has 2 atom stereocenters. The number of hydrogen-bond acceptors (Lipinski definition) is 2. The Hall–Kier alpha value is -0.840. The van der Waals surface area contributed by atoms with Crippen molar-refractivity contribution in [2.75, 3.05) is 11.9 Å². The quantitative estimate of drug-likeness (QED) is 0.867. The second-order valence-corrected chi connectivity index (χ2v) is 5.69. The fourth-order valence-electron chi connectivity index (χ4n) is 2.61. The van der Waals surface area contributed by atoms with E-state index in [0.717, 1.165) is 11.9 Å². The summed E-state index contributed by atoms with van der Waals surface area (Å²) >= 11 is 3.58. The predicted octanol–water partition coefficient (Wildman–Crippen LogP) is 2.35. The first-order valence-electron chi connectivity index (χ1n) is 6.54. The molecule has 0 aliphatic heterocycles. The van der Waals surface area contributed by atoms with Gasteiger partial charge < -0.3 is 5.32 Å². The van der Waals surface area contributed by atoms with Gasteiger partial charge in [-0.15, -0.1) is 0 Å². The van der Waals surface area contributed by atoms with Gasteiger partial charge in [0, 0.05) is 25.1 Å². The molecule has 1 amide bonds. The van der Waals surface area contributed by atoms with E-state index in [1.165, 1.54) is 25.7 Å². The molecule has 1 aliphatic carbocycles. The summed E-state index contributed by atoms with van der Waals surface area (Å²) in [5, 5.41) is 8.16. The summed E-state index contributed by atoms with van der Waals surface area (Å²) in [4.78, 5) is 11.9. The topological polar surface area (TPSA) is 46.9 Å². The van der Waals surface area contributed by atoms with Gasteiger partial charge in [-0.2, -0.15) is 5.10 Å². The van der Waals surface area contributed by atoms with Crippen molar-refractivity contribution >= 4 is 21.8 Å². The molecule has 0 bridgehead atoms. The standard InChI is InChI=1S/C13H20BrN3O/c1-17-7-6-12(16-17)13(18)15-9-11-5-3-2-4-10(11)8-14/h6-7,10-11H,2-5,8-9H2,1H3,(H,15,18). The van der Waals surface area contributed by atoms with E-state index in [4.69, 9.17) is 0 Å². The normalized spacial score (nSPS) is 23.9. The Morgan fingerprint density at radius 3 is 2.83 bits per heavy atom. The highest BCUT2D eigenvalue weighted by Gasteiger charge is 2.24. The second-order valence-electron chi connectivity index (χ2n) is 5.04. The third kappa shape index (κ3) is 3.34. The number of hydrogen-bond donors (Lipinski definition) is 1. The molecular weight excluding hydrogens is 294 g/mol. The van der Waals surface area contributed by atoms with Crippen LogP contribution in [0.25, 0.3) is 0 Å². The summed E-state index contributed by atoms with van der Waals surface area (Å²) in [7, 11) is 1.82. The van der Waals surface area contributed by atoms with Crippen molar-refractivity contribution in [1.29, 1.82) is 0 Å². The lowest BCUT2D eigenvalue weighted by Crippen LogP contribution is -2.35. The molecule has 1 aromatic rings. The van der Waals surface area contributed by atoms with Crippen molar-refractivity contribution in [3.63, 3.8) is 0 Å². The van der Waals surface area contributed by atoms with E-state index in [1.807, 2.05) is 7.05 Å². The summed E-state index contributed by atoms with van der Waals surface area (Å²) in [5.74, 6) is 1.24. The average Bonchev–Trinajstić information content (AvgIpc) is 2.83. The van der Waals surface area contributed by atoms with Crippen LogP contribution in [0.3, 0.4) is 0 Å². The molecule has 1 saturated carbocycles. The zero-order valence-corrected chi connectivity index (χ0v) is 12.3. The van der Waals surface area contributed by atoms with E-state index in [-0.39, 0.29) is 5.91 Å². The van der Waals surface area contributed by atoms with E-state index in [9.17, 15) is 4.79 Å². The van der Waals surface area contributed by atoms with Gasteiger partial charge in [0.25, 0.3) is 5.91 Å². The maximum absolute atomic E-state index is 11.9. The van der Waals surface area contributed by atoms with E-state index >= 15 is 0 Å². The number of carbonyl (C=O) groups excluding carboxylic acids is 1. The highest BCUT2D eigenvalue weighted by atomic mass is 79.9. The summed E-state index contributed by atoms with van der Waals surface area (Å²) in [6.45, 7) is 0.770. The van der Waals surface area contributed by atoms with E-state index in [2.05, 4.69) is 26.3 Å². The van der Waals surface area contributed by atoms with Gasteiger partial charge in [-0.3, -0.25) is 9.48 Å². The predicted molar refractivity (Wildman–Crippen MR) is 74.8 cm³/mol. The summed E-state index contributed by atoms with van der Waals surface area (Å²) in [6, 6.07) is 1.75. The van der Waals surface area contributed by atoms with Crippen molar-refractivity contribution in [3.05, 3.63) is 18.0 Å². The Balaban J connectivity index is 1.85. The van der Waals surface area contributed by atoms with Crippen molar-refractivity contribution < 1.29 is 4.79 Å². The van der Waals surface area contributed by atoms with Crippen LogP contribution >= 0.6 is 15.9 Å². The summed E-state index contributed by atoms with van der Waals surface area (Å²) in [6.07, 6.45) is 6.89. The minimum atomic E-state index is -0.0607. The number of halogens is 1. The average molecular weight is 314 g/mol. The Bertz CT molecular complexity index is 405. The molecule has 2 rings (SSSR count). The van der Waals surface area contributed by atoms with E-state index in [0.29, 0.717) is 17.5 Å². The largest absolute Gasteiger partial charge is 0.350 e. The number of aromatic nitrogens is 2. The lowest BCUT2D eigenvalue weighted by Gasteiger charge is -2.30. The molecule has 1 heterocycles. The van der Waals surface area contributed by atoms with Crippen LogP contribution in [0.4, 0.5) is 0 Å². The van der Waals surface area contributed by atoms with Crippen LogP contribution in [0.5, 0.6) is 0 Å². The molecule has 5 heteroatoms. The molecule has 0 saturated heterocycles. The number of rotatable bonds is 4. The molecule has 1 aromatic heterocycles. The van der Waals surface area contributed by atoms with E-state index in [1.54, 1.807) is 16.9 Å². The molecule has 1 aliphatic rings. The highest BCUT2D eigenvalue weighted by molar-refractivity contribution is 9.09. The van der Waals surface area contributed by atoms with Crippen molar-refractivity contribution in [2.45, 2.75) is 25.7 Å². The fourth-order valence-corrected chi connectivity index (χ4v) is 3.46. The number of aryl methyl sites for hydroxylation is 1. The minimum absolute atomic E-state index is 0.0607. The van der Waals surface area contributed by atoms with E-state index < -0.39 is 0 Å². The Morgan fingerprint density at radius 1 is 1.50 bits per heavy atom. The smallest absolute Gasteiger partial charge is 0.271 e. The number of nitrogens with one attached hydrogen (secondary N) is 1. The molecule has 4 nitrogen and oxygen atoms in total. The van der Waals surface area contributed by atoms with Gasteiger partial charge in [-0.1, -0.05) is 28.8 Å². The molecule has 1 fully saturated rings. The first-order valence-corrected chi connectivity index (χ1v) is 7.66. The van der Waals surface area contributed by atoms with Crippen LogP contribution in [0.15, 0.2) is 12.3 Å². The maximum atomic E-state index is 11.9. The first-order chi connectivity index (χ1) is 8.70. The minimum Gasteiger partial charge on any atom is -0.350 e. The van der Waals surface area contributed by atoms with Gasteiger partial charge in [0.15, 0.2) is 0 Å². The number of nitrogens with zero attached hydrogens (tertiary/aromatic N) is 2. The molecule has 100 valence electrons. The van der Waals surface area contributed by atoms with Gasteiger partial charge in [0.2, 0.25) is 0 Å². The van der Waals surface area contributed by atoms with Gasteiger partial charge in [0.1, 0.15) is 5.69 Å². The Morgan fingerprint density at radius 2 is 2.22 bits per heavy atom.